The van der Waals surface area contributed by atoms with Gasteiger partial charge >= 0.3 is 0 Å². The second-order valence-electron chi connectivity index (χ2n) is 4.00. The van der Waals surface area contributed by atoms with E-state index in [0.717, 1.165) is 6.42 Å². The third-order valence-electron chi connectivity index (χ3n) is 2.61. The quantitative estimate of drug-likeness (QED) is 0.509. The predicted molar refractivity (Wildman–Crippen MR) is 71.1 cm³/mol. The topological polar surface area (TPSA) is 84.6 Å². The Morgan fingerprint density at radius 2 is 2.24 bits per heavy atom. The molecule has 17 heavy (non-hydrogen) atoms. The van der Waals surface area contributed by atoms with Crippen LogP contribution in [0.5, 0.6) is 0 Å². The number of aliphatic hydroxyl groups excluding tert-OH is 1. The molecule has 0 saturated carbocycles. The van der Waals surface area contributed by atoms with Crippen molar-refractivity contribution >= 4 is 17.7 Å². The average molecular weight is 264 g/mol. The van der Waals surface area contributed by atoms with Crippen LogP contribution in [0.3, 0.4) is 0 Å². The third kappa shape index (κ3) is 6.88. The summed E-state index contributed by atoms with van der Waals surface area (Å²) >= 11 is 1.53. The van der Waals surface area contributed by atoms with Crippen molar-refractivity contribution in [2.45, 2.75) is 37.1 Å². The first-order valence-corrected chi connectivity index (χ1v) is 7.04. The van der Waals surface area contributed by atoms with E-state index in [1.54, 1.807) is 7.11 Å². The summed E-state index contributed by atoms with van der Waals surface area (Å²) in [7, 11) is 1.62. The Labute approximate surface area is 107 Å². The van der Waals surface area contributed by atoms with Crippen LogP contribution in [0.15, 0.2) is 0 Å². The normalized spacial score (nSPS) is 16.3. The maximum absolute atomic E-state index is 11.7. The van der Waals surface area contributed by atoms with Gasteiger partial charge in [0.2, 0.25) is 5.91 Å². The number of thioether (sulfide) groups is 1. The lowest BCUT2D eigenvalue weighted by Crippen LogP contribution is -2.48. The van der Waals surface area contributed by atoms with Crippen LogP contribution < -0.4 is 11.1 Å². The molecule has 0 heterocycles. The van der Waals surface area contributed by atoms with E-state index in [1.807, 2.05) is 13.2 Å². The summed E-state index contributed by atoms with van der Waals surface area (Å²) in [4.78, 5) is 11.7. The molecular formula is C11H24N2O3S. The molecule has 1 amide bonds. The summed E-state index contributed by atoms with van der Waals surface area (Å²) in [6, 6.07) is -0.593. The minimum Gasteiger partial charge on any atom is -0.395 e. The third-order valence-corrected chi connectivity index (χ3v) is 3.77. The van der Waals surface area contributed by atoms with Crippen molar-refractivity contribution in [3.8, 4) is 0 Å². The van der Waals surface area contributed by atoms with Crippen LogP contribution in [0, 0.1) is 0 Å². The molecule has 4 N–H and O–H groups in total. The van der Waals surface area contributed by atoms with Crippen LogP contribution in [0.1, 0.15) is 19.8 Å². The van der Waals surface area contributed by atoms with Gasteiger partial charge < -0.3 is 20.9 Å². The number of ether oxygens (including phenoxy) is 1. The molecule has 0 fully saturated rings. The average Bonchev–Trinajstić information content (AvgIpc) is 2.30. The van der Waals surface area contributed by atoms with Crippen LogP contribution in [0.4, 0.5) is 0 Å². The van der Waals surface area contributed by atoms with Gasteiger partial charge in [0.25, 0.3) is 0 Å². The number of nitrogens with two attached hydrogens (primary N) is 1. The lowest BCUT2D eigenvalue weighted by atomic mass is 10.1. The summed E-state index contributed by atoms with van der Waals surface area (Å²) in [6.45, 7) is 2.53. The van der Waals surface area contributed by atoms with Crippen molar-refractivity contribution in [2.24, 2.45) is 5.73 Å². The maximum Gasteiger partial charge on any atom is 0.237 e. The molecule has 3 atom stereocenters. The SMILES string of the molecule is COCCCC(N)C(=O)NC(C)C(CO)SC. The van der Waals surface area contributed by atoms with Crippen LogP contribution in [-0.4, -0.2) is 54.9 Å². The van der Waals surface area contributed by atoms with Crippen molar-refractivity contribution in [1.82, 2.24) is 5.32 Å². The van der Waals surface area contributed by atoms with Crippen molar-refractivity contribution in [3.63, 3.8) is 0 Å². The molecule has 102 valence electrons. The zero-order valence-electron chi connectivity index (χ0n) is 10.8. The molecule has 0 aliphatic rings. The standard InChI is InChI=1S/C11H24N2O3S/c1-8(10(7-14)17-3)13-11(15)9(12)5-4-6-16-2/h8-10,14H,4-7,12H2,1-3H3,(H,13,15). The predicted octanol–water partition coefficient (Wildman–Crippen LogP) is -0.0311. The molecule has 5 nitrogen and oxygen atoms in total. The first kappa shape index (κ1) is 16.7. The number of carbonyl (C=O) groups excluding carboxylic acids is 1. The molecule has 0 rings (SSSR count). The number of amides is 1. The number of hydrogen-bond acceptors (Lipinski definition) is 5. The second kappa shape index (κ2) is 9.70. The molecule has 0 aromatic carbocycles. The van der Waals surface area contributed by atoms with E-state index in [1.165, 1.54) is 11.8 Å². The molecule has 0 spiro atoms. The summed E-state index contributed by atoms with van der Waals surface area (Å²) < 4.78 is 4.90. The Kier molecular flexibility index (Phi) is 9.53. The summed E-state index contributed by atoms with van der Waals surface area (Å²) in [5, 5.41) is 11.9. The molecule has 3 unspecified atom stereocenters. The lowest BCUT2D eigenvalue weighted by molar-refractivity contribution is -0.123. The molecule has 0 aliphatic carbocycles. The Bertz CT molecular complexity index is 213. The van der Waals surface area contributed by atoms with Crippen LogP contribution >= 0.6 is 11.8 Å². The van der Waals surface area contributed by atoms with Crippen LogP contribution in [0.2, 0.25) is 0 Å². The van der Waals surface area contributed by atoms with Gasteiger partial charge in [-0.3, -0.25) is 4.79 Å². The minimum atomic E-state index is -0.506. The fourth-order valence-electron chi connectivity index (χ4n) is 1.44. The first-order valence-electron chi connectivity index (χ1n) is 5.75. The van der Waals surface area contributed by atoms with Gasteiger partial charge in [-0.2, -0.15) is 11.8 Å². The largest absolute Gasteiger partial charge is 0.395 e. The molecule has 0 aromatic rings. The zero-order chi connectivity index (χ0) is 13.3. The van der Waals surface area contributed by atoms with Crippen molar-refractivity contribution < 1.29 is 14.6 Å². The van der Waals surface area contributed by atoms with E-state index in [2.05, 4.69) is 5.32 Å². The molecule has 6 heteroatoms. The molecule has 0 aromatic heterocycles. The highest BCUT2D eigenvalue weighted by Crippen LogP contribution is 2.10. The Morgan fingerprint density at radius 1 is 1.59 bits per heavy atom. The Balaban J connectivity index is 3.97. The number of nitrogens with one attached hydrogen (secondary N) is 1. The van der Waals surface area contributed by atoms with Crippen LogP contribution in [-0.2, 0) is 9.53 Å². The smallest absolute Gasteiger partial charge is 0.237 e. The van der Waals surface area contributed by atoms with E-state index < -0.39 is 6.04 Å². The van der Waals surface area contributed by atoms with Crippen LogP contribution in [0.25, 0.3) is 0 Å². The van der Waals surface area contributed by atoms with Gasteiger partial charge in [-0.15, -0.1) is 0 Å². The highest BCUT2D eigenvalue weighted by atomic mass is 32.2. The lowest BCUT2D eigenvalue weighted by Gasteiger charge is -2.23. The number of hydrogen-bond donors (Lipinski definition) is 3. The fourth-order valence-corrected chi connectivity index (χ4v) is 2.07. The zero-order valence-corrected chi connectivity index (χ0v) is 11.6. The van der Waals surface area contributed by atoms with Crippen molar-refractivity contribution in [1.29, 1.82) is 0 Å². The second-order valence-corrected chi connectivity index (χ2v) is 5.07. The van der Waals surface area contributed by atoms with Gasteiger partial charge in [0.05, 0.1) is 12.6 Å². The fraction of sp³-hybridized carbons (Fsp3) is 0.909. The number of methoxy groups -OCH3 is 1. The van der Waals surface area contributed by atoms with Gasteiger partial charge in [-0.05, 0) is 26.0 Å². The summed E-state index contributed by atoms with van der Waals surface area (Å²) in [5.41, 5.74) is 5.75. The Morgan fingerprint density at radius 3 is 2.71 bits per heavy atom. The van der Waals surface area contributed by atoms with Gasteiger partial charge in [-0.25, -0.2) is 0 Å². The summed E-state index contributed by atoms with van der Waals surface area (Å²) in [5.74, 6) is -0.166. The van der Waals surface area contributed by atoms with E-state index in [4.69, 9.17) is 15.6 Å². The van der Waals surface area contributed by atoms with Gasteiger partial charge in [-0.1, -0.05) is 0 Å². The van der Waals surface area contributed by atoms with Gasteiger partial charge in [0, 0.05) is 25.0 Å². The number of carbonyl (C=O) groups is 1. The van der Waals surface area contributed by atoms with Gasteiger partial charge in [0.15, 0.2) is 0 Å². The molecular weight excluding hydrogens is 240 g/mol. The summed E-state index contributed by atoms with van der Waals surface area (Å²) in [6.07, 6.45) is 3.28. The highest BCUT2D eigenvalue weighted by Gasteiger charge is 2.20. The van der Waals surface area contributed by atoms with E-state index in [0.29, 0.717) is 13.0 Å². The molecule has 0 radical (unpaired) electrons. The van der Waals surface area contributed by atoms with E-state index in [-0.39, 0.29) is 23.8 Å². The maximum atomic E-state index is 11.7. The minimum absolute atomic E-state index is 0.00475. The molecule has 0 bridgehead atoms. The van der Waals surface area contributed by atoms with Crippen molar-refractivity contribution in [3.05, 3.63) is 0 Å². The molecule has 0 saturated heterocycles. The highest BCUT2D eigenvalue weighted by molar-refractivity contribution is 7.99. The number of aliphatic hydroxyl groups is 1. The number of rotatable bonds is 9. The van der Waals surface area contributed by atoms with Crippen molar-refractivity contribution in [2.75, 3.05) is 26.6 Å². The Hall–Kier alpha value is -0.300. The molecule has 0 aliphatic heterocycles. The first-order chi connectivity index (χ1) is 8.06. The monoisotopic (exact) mass is 264 g/mol. The van der Waals surface area contributed by atoms with E-state index >= 15 is 0 Å². The van der Waals surface area contributed by atoms with Gasteiger partial charge in [0.1, 0.15) is 0 Å². The van der Waals surface area contributed by atoms with E-state index in [9.17, 15) is 4.79 Å².